The lowest BCUT2D eigenvalue weighted by molar-refractivity contribution is -0.139. The quantitative estimate of drug-likeness (QED) is 0.496. The minimum atomic E-state index is -1.07. The van der Waals surface area contributed by atoms with Crippen LogP contribution in [0.4, 0.5) is 0 Å². The maximum Gasteiger partial charge on any atom is 0.321 e. The van der Waals surface area contributed by atoms with Gasteiger partial charge in [0.25, 0.3) is 0 Å². The Balaban J connectivity index is 2.60. The van der Waals surface area contributed by atoms with E-state index in [0.29, 0.717) is 18.5 Å². The third kappa shape index (κ3) is 5.50. The van der Waals surface area contributed by atoms with E-state index in [-0.39, 0.29) is 18.8 Å². The molecule has 0 radical (unpaired) electrons. The van der Waals surface area contributed by atoms with Gasteiger partial charge in [0.1, 0.15) is 6.04 Å². The standard InChI is InChI=1S/C13H16BrNO4/c14-10-4-2-9(3-5-10)12(17)8-11(13(18)19)15-6-1-7-16/h2-5,11,15-16H,1,6-8H2,(H,18,19). The van der Waals surface area contributed by atoms with E-state index in [1.807, 2.05) is 0 Å². The third-order valence-corrected chi connectivity index (χ3v) is 3.11. The van der Waals surface area contributed by atoms with Gasteiger partial charge in [-0.05, 0) is 25.1 Å². The molecule has 0 heterocycles. The molecule has 1 rings (SSSR count). The number of carbonyl (C=O) groups is 2. The normalized spacial score (nSPS) is 12.1. The first-order valence-electron chi connectivity index (χ1n) is 5.90. The van der Waals surface area contributed by atoms with E-state index >= 15 is 0 Å². The van der Waals surface area contributed by atoms with Gasteiger partial charge >= 0.3 is 5.97 Å². The molecule has 19 heavy (non-hydrogen) atoms. The van der Waals surface area contributed by atoms with Crippen LogP contribution >= 0.6 is 15.9 Å². The van der Waals surface area contributed by atoms with Crippen LogP contribution in [-0.2, 0) is 4.79 Å². The number of ketones is 1. The van der Waals surface area contributed by atoms with E-state index in [2.05, 4.69) is 21.2 Å². The Morgan fingerprint density at radius 3 is 2.42 bits per heavy atom. The van der Waals surface area contributed by atoms with Crippen LogP contribution in [0.3, 0.4) is 0 Å². The molecule has 0 bridgehead atoms. The molecular weight excluding hydrogens is 314 g/mol. The van der Waals surface area contributed by atoms with Gasteiger partial charge in [0.15, 0.2) is 5.78 Å². The Bertz CT molecular complexity index is 433. The summed E-state index contributed by atoms with van der Waals surface area (Å²) in [6.45, 7) is 0.348. The molecule has 1 unspecified atom stereocenters. The zero-order chi connectivity index (χ0) is 14.3. The summed E-state index contributed by atoms with van der Waals surface area (Å²) in [6, 6.07) is 5.85. The van der Waals surface area contributed by atoms with Gasteiger partial charge in [-0.1, -0.05) is 28.1 Å². The number of rotatable bonds is 8. The molecule has 0 saturated carbocycles. The maximum atomic E-state index is 11.9. The largest absolute Gasteiger partial charge is 0.480 e. The van der Waals surface area contributed by atoms with Crippen LogP contribution in [-0.4, -0.2) is 41.2 Å². The van der Waals surface area contributed by atoms with Crippen LogP contribution in [0.1, 0.15) is 23.2 Å². The Morgan fingerprint density at radius 2 is 1.89 bits per heavy atom. The van der Waals surface area contributed by atoms with Crippen molar-refractivity contribution in [1.29, 1.82) is 0 Å². The lowest BCUT2D eigenvalue weighted by Gasteiger charge is -2.13. The average Bonchev–Trinajstić information content (AvgIpc) is 2.38. The Hall–Kier alpha value is -1.24. The molecule has 0 spiro atoms. The minimum absolute atomic E-state index is 0.0139. The molecule has 0 amide bonds. The highest BCUT2D eigenvalue weighted by molar-refractivity contribution is 9.10. The number of hydrogen-bond acceptors (Lipinski definition) is 4. The molecule has 0 saturated heterocycles. The fourth-order valence-electron chi connectivity index (χ4n) is 1.54. The predicted molar refractivity (Wildman–Crippen MR) is 74.2 cm³/mol. The Morgan fingerprint density at radius 1 is 1.26 bits per heavy atom. The first kappa shape index (κ1) is 15.8. The molecule has 6 heteroatoms. The molecule has 0 fully saturated rings. The predicted octanol–water partition coefficient (Wildman–Crippen LogP) is 1.45. The van der Waals surface area contributed by atoms with Gasteiger partial charge in [-0.15, -0.1) is 0 Å². The van der Waals surface area contributed by atoms with E-state index < -0.39 is 12.0 Å². The highest BCUT2D eigenvalue weighted by Gasteiger charge is 2.21. The molecule has 1 atom stereocenters. The number of aliphatic hydroxyl groups excluding tert-OH is 1. The van der Waals surface area contributed by atoms with Crippen molar-refractivity contribution in [2.45, 2.75) is 18.9 Å². The number of Topliss-reactive ketones (excluding diaryl/α,β-unsaturated/α-hetero) is 1. The van der Waals surface area contributed by atoms with Crippen molar-refractivity contribution in [2.75, 3.05) is 13.2 Å². The number of aliphatic hydroxyl groups is 1. The molecule has 0 aliphatic carbocycles. The van der Waals surface area contributed by atoms with Crippen LogP contribution in [0, 0.1) is 0 Å². The summed E-state index contributed by atoms with van der Waals surface area (Å²) >= 11 is 3.27. The maximum absolute atomic E-state index is 11.9. The van der Waals surface area contributed by atoms with Gasteiger partial charge in [0.2, 0.25) is 0 Å². The lowest BCUT2D eigenvalue weighted by atomic mass is 10.0. The second kappa shape index (κ2) is 8.04. The highest BCUT2D eigenvalue weighted by atomic mass is 79.9. The number of halogens is 1. The van der Waals surface area contributed by atoms with E-state index in [1.54, 1.807) is 24.3 Å². The van der Waals surface area contributed by atoms with Crippen molar-refractivity contribution in [1.82, 2.24) is 5.32 Å². The summed E-state index contributed by atoms with van der Waals surface area (Å²) in [6.07, 6.45) is 0.346. The van der Waals surface area contributed by atoms with Crippen molar-refractivity contribution in [2.24, 2.45) is 0 Å². The third-order valence-electron chi connectivity index (χ3n) is 2.58. The highest BCUT2D eigenvalue weighted by Crippen LogP contribution is 2.12. The van der Waals surface area contributed by atoms with Crippen LogP contribution in [0.25, 0.3) is 0 Å². The van der Waals surface area contributed by atoms with E-state index in [9.17, 15) is 9.59 Å². The number of hydrogen-bond donors (Lipinski definition) is 3. The van der Waals surface area contributed by atoms with Crippen molar-refractivity contribution >= 4 is 27.7 Å². The minimum Gasteiger partial charge on any atom is -0.480 e. The second-order valence-electron chi connectivity index (χ2n) is 4.06. The first-order valence-corrected chi connectivity index (χ1v) is 6.69. The number of aliphatic carboxylic acids is 1. The Kier molecular flexibility index (Phi) is 6.69. The van der Waals surface area contributed by atoms with Crippen molar-refractivity contribution < 1.29 is 19.8 Å². The summed E-state index contributed by atoms with van der Waals surface area (Å²) < 4.78 is 0.861. The summed E-state index contributed by atoms with van der Waals surface area (Å²) in [5, 5.41) is 20.4. The van der Waals surface area contributed by atoms with Crippen molar-refractivity contribution in [3.63, 3.8) is 0 Å². The number of carbonyl (C=O) groups excluding carboxylic acids is 1. The van der Waals surface area contributed by atoms with Gasteiger partial charge in [0.05, 0.1) is 0 Å². The van der Waals surface area contributed by atoms with E-state index in [0.717, 1.165) is 4.47 Å². The van der Waals surface area contributed by atoms with Crippen LogP contribution in [0.5, 0.6) is 0 Å². The SMILES string of the molecule is O=C(CC(NCCCO)C(=O)O)c1ccc(Br)cc1. The van der Waals surface area contributed by atoms with Crippen molar-refractivity contribution in [3.05, 3.63) is 34.3 Å². The number of benzene rings is 1. The number of nitrogens with one attached hydrogen (secondary N) is 1. The molecule has 1 aromatic rings. The van der Waals surface area contributed by atoms with Gasteiger partial charge in [-0.3, -0.25) is 9.59 Å². The van der Waals surface area contributed by atoms with Crippen LogP contribution < -0.4 is 5.32 Å². The zero-order valence-corrected chi connectivity index (χ0v) is 11.9. The topological polar surface area (TPSA) is 86.6 Å². The molecule has 1 aromatic carbocycles. The van der Waals surface area contributed by atoms with E-state index in [4.69, 9.17) is 10.2 Å². The Labute approximate surface area is 119 Å². The smallest absolute Gasteiger partial charge is 0.321 e. The molecular formula is C13H16BrNO4. The molecule has 104 valence electrons. The molecule has 0 aliphatic rings. The fourth-order valence-corrected chi connectivity index (χ4v) is 1.81. The monoisotopic (exact) mass is 329 g/mol. The van der Waals surface area contributed by atoms with Gasteiger partial charge < -0.3 is 15.5 Å². The van der Waals surface area contributed by atoms with E-state index in [1.165, 1.54) is 0 Å². The second-order valence-corrected chi connectivity index (χ2v) is 4.97. The molecule has 0 aliphatic heterocycles. The van der Waals surface area contributed by atoms with Gasteiger partial charge in [0, 0.05) is 23.1 Å². The molecule has 5 nitrogen and oxygen atoms in total. The summed E-state index contributed by atoms with van der Waals surface area (Å²) in [5.41, 5.74) is 0.485. The average molecular weight is 330 g/mol. The number of carboxylic acid groups (broad SMARTS) is 1. The summed E-state index contributed by atoms with van der Waals surface area (Å²) in [4.78, 5) is 23.0. The van der Waals surface area contributed by atoms with Crippen LogP contribution in [0.15, 0.2) is 28.7 Å². The summed E-state index contributed by atoms with van der Waals surface area (Å²) in [5.74, 6) is -1.29. The lowest BCUT2D eigenvalue weighted by Crippen LogP contribution is -2.39. The fraction of sp³-hybridized carbons (Fsp3) is 0.385. The van der Waals surface area contributed by atoms with Crippen LogP contribution in [0.2, 0.25) is 0 Å². The van der Waals surface area contributed by atoms with Gasteiger partial charge in [-0.2, -0.15) is 0 Å². The zero-order valence-electron chi connectivity index (χ0n) is 10.3. The molecule has 3 N–H and O–H groups in total. The molecule has 0 aromatic heterocycles. The summed E-state index contributed by atoms with van der Waals surface area (Å²) in [7, 11) is 0. The van der Waals surface area contributed by atoms with Gasteiger partial charge in [-0.25, -0.2) is 0 Å². The first-order chi connectivity index (χ1) is 9.04. The number of carboxylic acids is 1. The van der Waals surface area contributed by atoms with Crippen molar-refractivity contribution in [3.8, 4) is 0 Å².